The quantitative estimate of drug-likeness (QED) is 0.175. The van der Waals surface area contributed by atoms with Crippen molar-refractivity contribution in [2.75, 3.05) is 19.0 Å². The van der Waals surface area contributed by atoms with Gasteiger partial charge in [0.1, 0.15) is 11.6 Å². The zero-order valence-corrected chi connectivity index (χ0v) is 28.2. The first-order valence-electron chi connectivity index (χ1n) is 17.0. The number of carbonyl (C=O) groups excluding carboxylic acids is 1. The highest BCUT2D eigenvalue weighted by Crippen LogP contribution is 2.63. The fourth-order valence-electron chi connectivity index (χ4n) is 8.91. The summed E-state index contributed by atoms with van der Waals surface area (Å²) in [5.41, 5.74) is 5.16. The van der Waals surface area contributed by atoms with Gasteiger partial charge in [-0.05, 0) is 91.3 Å². The highest BCUT2D eigenvalue weighted by atomic mass is 32.1. The van der Waals surface area contributed by atoms with Gasteiger partial charge in [0.2, 0.25) is 0 Å². The van der Waals surface area contributed by atoms with Crippen LogP contribution in [0, 0.1) is 17.6 Å². The Morgan fingerprint density at radius 2 is 1.98 bits per heavy atom. The number of aromatic amines is 1. The number of amides is 1. The first-order chi connectivity index (χ1) is 24.8. The number of carbonyl (C=O) groups is 1. The number of hydrogen-bond donors (Lipinski definition) is 2. The lowest BCUT2D eigenvalue weighted by Gasteiger charge is -2.37. The molecule has 51 heavy (non-hydrogen) atoms. The third-order valence-corrected chi connectivity index (χ3v) is 12.3. The Morgan fingerprint density at radius 1 is 1.10 bits per heavy atom. The van der Waals surface area contributed by atoms with Gasteiger partial charge >= 0.3 is 5.76 Å². The Balaban J connectivity index is 1.14. The molecule has 1 amide bonds. The summed E-state index contributed by atoms with van der Waals surface area (Å²) < 4.78 is 40.6. The molecule has 13 heteroatoms. The number of pyridine rings is 2. The zero-order chi connectivity index (χ0) is 34.6. The highest BCUT2D eigenvalue weighted by Gasteiger charge is 2.65. The molecule has 2 N–H and O–H groups in total. The first-order valence-corrected chi connectivity index (χ1v) is 17.8. The predicted molar refractivity (Wildman–Crippen MR) is 186 cm³/mol. The lowest BCUT2D eigenvalue weighted by atomic mass is 9.71. The second-order valence-corrected chi connectivity index (χ2v) is 14.9. The van der Waals surface area contributed by atoms with Crippen molar-refractivity contribution in [3.63, 3.8) is 0 Å². The third-order valence-electron chi connectivity index (χ3n) is 11.1. The minimum Gasteiger partial charge on any atom is -0.493 e. The van der Waals surface area contributed by atoms with E-state index in [4.69, 9.17) is 19.1 Å². The maximum absolute atomic E-state index is 14.5. The van der Waals surface area contributed by atoms with Crippen molar-refractivity contribution in [1.29, 1.82) is 0 Å². The molecule has 7 heterocycles. The van der Waals surface area contributed by atoms with Gasteiger partial charge in [0.05, 0.1) is 45.9 Å². The number of halogens is 2. The summed E-state index contributed by atoms with van der Waals surface area (Å²) in [5.74, 6) is -0.0643. The third kappa shape index (κ3) is 4.46. The van der Waals surface area contributed by atoms with Crippen molar-refractivity contribution in [2.24, 2.45) is 5.92 Å². The summed E-state index contributed by atoms with van der Waals surface area (Å²) in [6.45, 7) is 0.683. The van der Waals surface area contributed by atoms with Crippen LogP contribution in [0.1, 0.15) is 63.7 Å². The standard InChI is InChI=1S/C38H30F2N6O4S/c1-49-31-23-7-10-25(22(23)6-8-24(31)40)43-34-32-20(11-12-41-34)14-27(51-32)29-28(35-44-45-37(48)50-35)26(9-5-18-3-2-4-21(39)13-18)42-33-30(29)36(47)46-17-19-15-38(33,46)16-19/h2-4,6,8,11-14,19,25H,5,7,9-10,15-17H2,1H3,(H,41,43)(H,45,48)/t19?,25-,38?/m0/s1. The molecule has 2 saturated heterocycles. The van der Waals surface area contributed by atoms with Crippen LogP contribution in [-0.4, -0.2) is 44.6 Å². The van der Waals surface area contributed by atoms with Crippen molar-refractivity contribution in [2.45, 2.75) is 50.1 Å². The molecule has 10 nitrogen and oxygen atoms in total. The van der Waals surface area contributed by atoms with Gasteiger partial charge in [0, 0.05) is 28.7 Å². The Kier molecular flexibility index (Phi) is 6.58. The van der Waals surface area contributed by atoms with E-state index < -0.39 is 11.3 Å². The molecule has 3 fully saturated rings. The van der Waals surface area contributed by atoms with E-state index in [2.05, 4.69) is 15.5 Å². The van der Waals surface area contributed by atoms with Crippen molar-refractivity contribution < 1.29 is 22.7 Å². The maximum Gasteiger partial charge on any atom is 0.434 e. The second kappa shape index (κ2) is 11.0. The summed E-state index contributed by atoms with van der Waals surface area (Å²) in [6, 6.07) is 13.6. The van der Waals surface area contributed by atoms with E-state index in [9.17, 15) is 18.4 Å². The Bertz CT molecular complexity index is 2500. The summed E-state index contributed by atoms with van der Waals surface area (Å²) in [4.78, 5) is 39.5. The molecular formula is C38H30F2N6O4S. The Labute approximate surface area is 293 Å². The fraction of sp³-hybridized carbons (Fsp3) is 0.289. The Hall–Kier alpha value is -5.43. The van der Waals surface area contributed by atoms with E-state index in [-0.39, 0.29) is 35.2 Å². The SMILES string of the molecule is COc1c(F)ccc2c1CC[C@@H]2Nc1nccc2cc(-c3c4c(nc(CCc5cccc(F)c5)c3-c3n[nH]c(=O)o3)C35CC(CN3C4=O)C5)sc12. The van der Waals surface area contributed by atoms with Crippen molar-refractivity contribution in [3.8, 4) is 27.6 Å². The highest BCUT2D eigenvalue weighted by molar-refractivity contribution is 7.23. The fourth-order valence-corrected chi connectivity index (χ4v) is 10.1. The average molecular weight is 705 g/mol. The number of hydrogen-bond acceptors (Lipinski definition) is 9. The molecule has 6 aromatic rings. The summed E-state index contributed by atoms with van der Waals surface area (Å²) in [7, 11) is 1.48. The first kappa shape index (κ1) is 30.4. The van der Waals surface area contributed by atoms with Gasteiger partial charge in [0.15, 0.2) is 11.6 Å². The van der Waals surface area contributed by atoms with E-state index in [0.29, 0.717) is 59.9 Å². The molecule has 2 bridgehead atoms. The molecule has 2 aliphatic carbocycles. The smallest absolute Gasteiger partial charge is 0.434 e. The number of aromatic nitrogens is 4. The second-order valence-electron chi connectivity index (χ2n) is 13.9. The van der Waals surface area contributed by atoms with Gasteiger partial charge in [0.25, 0.3) is 11.8 Å². The van der Waals surface area contributed by atoms with Crippen LogP contribution in [0.4, 0.5) is 14.6 Å². The van der Waals surface area contributed by atoms with Crippen LogP contribution in [0.15, 0.2) is 63.9 Å². The molecule has 256 valence electrons. The monoisotopic (exact) mass is 704 g/mol. The zero-order valence-electron chi connectivity index (χ0n) is 27.4. The molecule has 2 aromatic carbocycles. The van der Waals surface area contributed by atoms with Crippen molar-refractivity contribution in [3.05, 3.63) is 111 Å². The summed E-state index contributed by atoms with van der Waals surface area (Å²) in [6.07, 6.45) is 5.74. The van der Waals surface area contributed by atoms with Crippen LogP contribution in [0.3, 0.4) is 0 Å². The van der Waals surface area contributed by atoms with Gasteiger partial charge in [-0.15, -0.1) is 16.4 Å². The number of benzene rings is 2. The molecule has 4 aromatic heterocycles. The minimum atomic E-state index is -0.722. The number of aryl methyl sites for hydroxylation is 2. The number of thiophene rings is 1. The lowest BCUT2D eigenvalue weighted by molar-refractivity contribution is 0.0637. The molecule has 1 spiro atoms. The minimum absolute atomic E-state index is 0.0426. The number of anilines is 1. The van der Waals surface area contributed by atoms with Crippen LogP contribution in [0.25, 0.3) is 32.0 Å². The van der Waals surface area contributed by atoms with Crippen LogP contribution in [-0.2, 0) is 24.8 Å². The molecule has 11 rings (SSSR count). The van der Waals surface area contributed by atoms with Crippen LogP contribution in [0.2, 0.25) is 0 Å². The molecule has 3 aliphatic heterocycles. The normalized spacial score (nSPS) is 21.2. The number of nitrogens with one attached hydrogen (secondary N) is 2. The number of ether oxygens (including phenoxy) is 1. The summed E-state index contributed by atoms with van der Waals surface area (Å²) in [5, 5.41) is 11.2. The van der Waals surface area contributed by atoms with Gasteiger partial charge in [-0.1, -0.05) is 18.2 Å². The van der Waals surface area contributed by atoms with Gasteiger partial charge in [-0.3, -0.25) is 9.78 Å². The van der Waals surface area contributed by atoms with E-state index in [0.717, 1.165) is 56.6 Å². The van der Waals surface area contributed by atoms with Crippen LogP contribution >= 0.6 is 11.3 Å². The number of fused-ring (bicyclic) bond motifs is 3. The maximum atomic E-state index is 14.5. The molecule has 1 atom stereocenters. The largest absolute Gasteiger partial charge is 0.493 e. The summed E-state index contributed by atoms with van der Waals surface area (Å²) >= 11 is 1.48. The number of rotatable bonds is 8. The average Bonchev–Trinajstić information content (AvgIpc) is 3.95. The van der Waals surface area contributed by atoms with Crippen LogP contribution < -0.4 is 15.8 Å². The Morgan fingerprint density at radius 3 is 2.78 bits per heavy atom. The molecule has 0 radical (unpaired) electrons. The van der Waals surface area contributed by atoms with E-state index in [1.165, 1.54) is 36.6 Å². The van der Waals surface area contributed by atoms with Crippen molar-refractivity contribution in [1.82, 2.24) is 25.1 Å². The van der Waals surface area contributed by atoms with Gasteiger partial charge < -0.3 is 19.4 Å². The number of methoxy groups -OCH3 is 1. The van der Waals surface area contributed by atoms with E-state index in [1.54, 1.807) is 18.3 Å². The van der Waals surface area contributed by atoms with Gasteiger partial charge in [-0.25, -0.2) is 23.7 Å². The van der Waals surface area contributed by atoms with Gasteiger partial charge in [-0.2, -0.15) is 0 Å². The van der Waals surface area contributed by atoms with Crippen molar-refractivity contribution >= 4 is 33.1 Å². The number of nitrogens with zero attached hydrogens (tertiary/aromatic N) is 4. The lowest BCUT2D eigenvalue weighted by Crippen LogP contribution is -2.40. The van der Waals surface area contributed by atoms with E-state index >= 15 is 0 Å². The van der Waals surface area contributed by atoms with E-state index in [1.807, 2.05) is 23.1 Å². The molecule has 0 unspecified atom stereocenters. The number of H-pyrrole nitrogens is 1. The van der Waals surface area contributed by atoms with Crippen LogP contribution in [0.5, 0.6) is 5.75 Å². The molecule has 1 saturated carbocycles. The molecular weight excluding hydrogens is 675 g/mol. The molecule has 5 aliphatic rings. The predicted octanol–water partition coefficient (Wildman–Crippen LogP) is 6.95. The topological polar surface area (TPSA) is 126 Å².